The number of esters is 1. The van der Waals surface area contributed by atoms with Crippen LogP contribution >= 0.6 is 0 Å². The average Bonchev–Trinajstić information content (AvgIpc) is 3.05. The third kappa shape index (κ3) is 5.94. The zero-order chi connectivity index (χ0) is 21.6. The Kier molecular flexibility index (Phi) is 6.51. The van der Waals surface area contributed by atoms with E-state index in [1.165, 1.54) is 0 Å². The molecule has 30 heavy (non-hydrogen) atoms. The quantitative estimate of drug-likeness (QED) is 0.322. The van der Waals surface area contributed by atoms with Crippen molar-refractivity contribution in [2.75, 3.05) is 0 Å². The highest BCUT2D eigenvalue weighted by atomic mass is 16.6. The predicted molar refractivity (Wildman–Crippen MR) is 114 cm³/mol. The molecule has 7 nitrogen and oxygen atoms in total. The smallest absolute Gasteiger partial charge is 0.338 e. The maximum absolute atomic E-state index is 12.1. The van der Waals surface area contributed by atoms with E-state index in [0.717, 1.165) is 5.56 Å². The van der Waals surface area contributed by atoms with Crippen LogP contribution < -0.4 is 4.74 Å². The Balaban J connectivity index is 1.56. The fourth-order valence-electron chi connectivity index (χ4n) is 2.54. The molecule has 7 heteroatoms. The van der Waals surface area contributed by atoms with Crippen LogP contribution in [0.5, 0.6) is 11.6 Å². The number of rotatable bonds is 7. The number of aryl methyl sites for hydroxylation is 1. The van der Waals surface area contributed by atoms with Crippen LogP contribution in [0.4, 0.5) is 0 Å². The first-order chi connectivity index (χ1) is 14.3. The van der Waals surface area contributed by atoms with Crippen molar-refractivity contribution in [3.63, 3.8) is 0 Å². The molecule has 0 saturated carbocycles. The lowest BCUT2D eigenvalue weighted by Crippen LogP contribution is -2.23. The lowest BCUT2D eigenvalue weighted by Gasteiger charge is -2.19. The van der Waals surface area contributed by atoms with Gasteiger partial charge in [-0.25, -0.2) is 9.48 Å². The SMILES string of the molecule is Cn1ncc(C=NOCc2ccc(C(=O)OC(C)(C)C)cc2)c1Oc1ccccc1. The molecule has 0 aliphatic heterocycles. The summed E-state index contributed by atoms with van der Waals surface area (Å²) in [6, 6.07) is 16.5. The first-order valence-electron chi connectivity index (χ1n) is 9.54. The van der Waals surface area contributed by atoms with Crippen molar-refractivity contribution in [3.05, 3.63) is 77.5 Å². The van der Waals surface area contributed by atoms with Gasteiger partial charge in [-0.15, -0.1) is 0 Å². The summed E-state index contributed by atoms with van der Waals surface area (Å²) in [7, 11) is 1.79. The number of para-hydroxylation sites is 1. The summed E-state index contributed by atoms with van der Waals surface area (Å²) in [5.74, 6) is 0.924. The molecule has 0 spiro atoms. The highest BCUT2D eigenvalue weighted by Crippen LogP contribution is 2.23. The molecule has 0 atom stereocenters. The van der Waals surface area contributed by atoms with Crippen molar-refractivity contribution in [2.45, 2.75) is 33.0 Å². The van der Waals surface area contributed by atoms with Gasteiger partial charge >= 0.3 is 5.97 Å². The van der Waals surface area contributed by atoms with Crippen LogP contribution in [0.1, 0.15) is 42.3 Å². The molecule has 156 valence electrons. The summed E-state index contributed by atoms with van der Waals surface area (Å²) < 4.78 is 12.9. The van der Waals surface area contributed by atoms with Gasteiger partial charge in [-0.1, -0.05) is 35.5 Å². The van der Waals surface area contributed by atoms with Crippen LogP contribution in [0.25, 0.3) is 0 Å². The Morgan fingerprint density at radius 1 is 1.10 bits per heavy atom. The number of carbonyl (C=O) groups is 1. The summed E-state index contributed by atoms with van der Waals surface area (Å²) in [5, 5.41) is 8.21. The lowest BCUT2D eigenvalue weighted by atomic mass is 10.1. The average molecular weight is 407 g/mol. The topological polar surface area (TPSA) is 74.9 Å². The molecule has 0 fully saturated rings. The third-order valence-electron chi connectivity index (χ3n) is 3.95. The first-order valence-corrected chi connectivity index (χ1v) is 9.54. The molecular formula is C23H25N3O4. The van der Waals surface area contributed by atoms with Crippen molar-refractivity contribution in [1.29, 1.82) is 0 Å². The molecule has 3 aromatic rings. The van der Waals surface area contributed by atoms with E-state index in [9.17, 15) is 4.79 Å². The predicted octanol–water partition coefficient (Wildman–Crippen LogP) is 4.72. The third-order valence-corrected chi connectivity index (χ3v) is 3.95. The zero-order valence-electron chi connectivity index (χ0n) is 17.5. The number of benzene rings is 2. The molecular weight excluding hydrogens is 382 g/mol. The van der Waals surface area contributed by atoms with Crippen LogP contribution in [-0.4, -0.2) is 27.6 Å². The number of nitrogens with zero attached hydrogens (tertiary/aromatic N) is 3. The van der Waals surface area contributed by atoms with Gasteiger partial charge in [0.15, 0.2) is 0 Å². The maximum atomic E-state index is 12.1. The van der Waals surface area contributed by atoms with E-state index in [1.807, 2.05) is 63.2 Å². The molecule has 0 N–H and O–H groups in total. The summed E-state index contributed by atoms with van der Waals surface area (Å²) in [4.78, 5) is 17.4. The molecule has 1 aromatic heterocycles. The summed E-state index contributed by atoms with van der Waals surface area (Å²) in [6.07, 6.45) is 3.21. The van der Waals surface area contributed by atoms with Crippen molar-refractivity contribution < 1.29 is 19.1 Å². The highest BCUT2D eigenvalue weighted by Gasteiger charge is 2.17. The zero-order valence-corrected chi connectivity index (χ0v) is 17.5. The second-order valence-corrected chi connectivity index (χ2v) is 7.65. The monoisotopic (exact) mass is 407 g/mol. The molecule has 0 bridgehead atoms. The Morgan fingerprint density at radius 2 is 1.80 bits per heavy atom. The van der Waals surface area contributed by atoms with E-state index < -0.39 is 5.60 Å². The number of ether oxygens (including phenoxy) is 2. The van der Waals surface area contributed by atoms with E-state index in [-0.39, 0.29) is 12.6 Å². The molecule has 1 heterocycles. The van der Waals surface area contributed by atoms with Crippen LogP contribution in [0.15, 0.2) is 65.9 Å². The van der Waals surface area contributed by atoms with E-state index in [2.05, 4.69) is 10.3 Å². The van der Waals surface area contributed by atoms with Crippen LogP contribution in [-0.2, 0) is 23.2 Å². The molecule has 2 aromatic carbocycles. The molecule has 0 amide bonds. The van der Waals surface area contributed by atoms with Gasteiger partial charge in [-0.05, 0) is 50.6 Å². The van der Waals surface area contributed by atoms with Crippen LogP contribution in [0.2, 0.25) is 0 Å². The summed E-state index contributed by atoms with van der Waals surface area (Å²) >= 11 is 0. The van der Waals surface area contributed by atoms with Crippen molar-refractivity contribution in [3.8, 4) is 11.6 Å². The summed E-state index contributed by atoms with van der Waals surface area (Å²) in [5.41, 5.74) is 1.55. The van der Waals surface area contributed by atoms with Crippen molar-refractivity contribution in [1.82, 2.24) is 9.78 Å². The Labute approximate surface area is 175 Å². The van der Waals surface area contributed by atoms with E-state index in [0.29, 0.717) is 22.8 Å². The van der Waals surface area contributed by atoms with Gasteiger partial charge in [0.2, 0.25) is 5.88 Å². The van der Waals surface area contributed by atoms with E-state index in [4.69, 9.17) is 14.3 Å². The standard InChI is InChI=1S/C23H25N3O4/c1-23(2,3)30-22(27)18-12-10-17(11-13-18)16-28-25-15-19-14-24-26(4)21(19)29-20-8-6-5-7-9-20/h5-15H,16H2,1-4H3. The van der Waals surface area contributed by atoms with Gasteiger partial charge in [0.25, 0.3) is 0 Å². The highest BCUT2D eigenvalue weighted by molar-refractivity contribution is 5.89. The number of hydrogen-bond donors (Lipinski definition) is 0. The summed E-state index contributed by atoms with van der Waals surface area (Å²) in [6.45, 7) is 5.78. The fourth-order valence-corrected chi connectivity index (χ4v) is 2.54. The Morgan fingerprint density at radius 3 is 2.47 bits per heavy atom. The second kappa shape index (κ2) is 9.26. The lowest BCUT2D eigenvalue weighted by molar-refractivity contribution is 0.00694. The van der Waals surface area contributed by atoms with Gasteiger partial charge < -0.3 is 14.3 Å². The van der Waals surface area contributed by atoms with Crippen LogP contribution in [0, 0.1) is 0 Å². The Bertz CT molecular complexity index is 1000. The normalized spacial score (nSPS) is 11.5. The molecule has 0 radical (unpaired) electrons. The molecule has 3 rings (SSSR count). The minimum Gasteiger partial charge on any atom is -0.456 e. The number of oxime groups is 1. The molecule has 0 unspecified atom stereocenters. The molecule has 0 aliphatic rings. The maximum Gasteiger partial charge on any atom is 0.338 e. The Hall–Kier alpha value is -3.61. The first kappa shape index (κ1) is 21.1. The van der Waals surface area contributed by atoms with Crippen molar-refractivity contribution in [2.24, 2.45) is 12.2 Å². The van der Waals surface area contributed by atoms with E-state index >= 15 is 0 Å². The van der Waals surface area contributed by atoms with E-state index in [1.54, 1.807) is 36.3 Å². The fraction of sp³-hybridized carbons (Fsp3) is 0.261. The van der Waals surface area contributed by atoms with Gasteiger partial charge in [-0.2, -0.15) is 5.10 Å². The minimum atomic E-state index is -0.525. The number of carbonyl (C=O) groups excluding carboxylic acids is 1. The number of aromatic nitrogens is 2. The van der Waals surface area contributed by atoms with Crippen LogP contribution in [0.3, 0.4) is 0 Å². The second-order valence-electron chi connectivity index (χ2n) is 7.65. The largest absolute Gasteiger partial charge is 0.456 e. The van der Waals surface area contributed by atoms with Gasteiger partial charge in [-0.3, -0.25) is 0 Å². The molecule has 0 aliphatic carbocycles. The van der Waals surface area contributed by atoms with Gasteiger partial charge in [0.05, 0.1) is 23.5 Å². The van der Waals surface area contributed by atoms with Gasteiger partial charge in [0.1, 0.15) is 18.0 Å². The van der Waals surface area contributed by atoms with Crippen molar-refractivity contribution >= 4 is 12.2 Å². The minimum absolute atomic E-state index is 0.264. The molecule has 0 saturated heterocycles. The number of hydrogen-bond acceptors (Lipinski definition) is 6. The van der Waals surface area contributed by atoms with Gasteiger partial charge in [0, 0.05) is 7.05 Å².